The molecular weight excluding hydrogens is 362 g/mol. The molecule has 0 fully saturated rings. The number of carboxylic acid groups (broad SMARTS) is 1. The Kier molecular flexibility index (Phi) is 11.6. The molecule has 158 valence electrons. The number of nitrogens with one attached hydrogen (secondary N) is 1. The molecule has 0 bridgehead atoms. The van der Waals surface area contributed by atoms with E-state index in [0.717, 1.165) is 38.2 Å². The van der Waals surface area contributed by atoms with E-state index in [1.54, 1.807) is 0 Å². The van der Waals surface area contributed by atoms with Crippen molar-refractivity contribution in [2.45, 2.75) is 57.8 Å². The summed E-state index contributed by atoms with van der Waals surface area (Å²) >= 11 is 0. The van der Waals surface area contributed by atoms with Gasteiger partial charge in [-0.3, -0.25) is 4.79 Å². The molecule has 0 saturated carbocycles. The number of hydrogen-bond acceptors (Lipinski definition) is 3. The average Bonchev–Trinajstić information content (AvgIpc) is 2.73. The third kappa shape index (κ3) is 11.3. The first-order chi connectivity index (χ1) is 14.2. The van der Waals surface area contributed by atoms with Gasteiger partial charge in [0, 0.05) is 6.54 Å². The first-order valence-corrected chi connectivity index (χ1v) is 10.9. The summed E-state index contributed by atoms with van der Waals surface area (Å²) in [7, 11) is 0. The quantitative estimate of drug-likeness (QED) is 0.380. The van der Waals surface area contributed by atoms with Gasteiger partial charge in [-0.2, -0.15) is 0 Å². The van der Waals surface area contributed by atoms with Crippen molar-refractivity contribution in [2.24, 2.45) is 0 Å². The molecule has 2 N–H and O–H groups in total. The minimum Gasteiger partial charge on any atom is -0.494 e. The molecular formula is C25H35NO3. The largest absolute Gasteiger partial charge is 0.494 e. The number of ether oxygens (including phenoxy) is 1. The zero-order chi connectivity index (χ0) is 20.6. The number of carboxylic acids is 1. The van der Waals surface area contributed by atoms with Crippen LogP contribution in [-0.4, -0.2) is 30.8 Å². The van der Waals surface area contributed by atoms with E-state index in [4.69, 9.17) is 9.84 Å². The lowest BCUT2D eigenvalue weighted by atomic mass is 10.1. The predicted molar refractivity (Wildman–Crippen MR) is 119 cm³/mol. The maximum atomic E-state index is 10.5. The number of benzene rings is 2. The van der Waals surface area contributed by atoms with Crippen LogP contribution >= 0.6 is 0 Å². The second-order valence-electron chi connectivity index (χ2n) is 7.50. The highest BCUT2D eigenvalue weighted by molar-refractivity contribution is 5.66. The maximum Gasteiger partial charge on any atom is 0.304 e. The van der Waals surface area contributed by atoms with Gasteiger partial charge in [0.1, 0.15) is 5.75 Å². The van der Waals surface area contributed by atoms with Gasteiger partial charge in [0.2, 0.25) is 0 Å². The molecule has 4 nitrogen and oxygen atoms in total. The minimum atomic E-state index is -0.755. The van der Waals surface area contributed by atoms with Gasteiger partial charge in [-0.1, -0.05) is 61.7 Å². The second-order valence-corrected chi connectivity index (χ2v) is 7.50. The van der Waals surface area contributed by atoms with Crippen LogP contribution in [0.4, 0.5) is 0 Å². The third-order valence-corrected chi connectivity index (χ3v) is 4.95. The van der Waals surface area contributed by atoms with Crippen molar-refractivity contribution in [1.82, 2.24) is 5.32 Å². The van der Waals surface area contributed by atoms with Crippen LogP contribution in [0.5, 0.6) is 5.75 Å². The van der Waals surface area contributed by atoms with E-state index in [9.17, 15) is 4.79 Å². The van der Waals surface area contributed by atoms with Crippen LogP contribution in [-0.2, 0) is 17.6 Å². The van der Waals surface area contributed by atoms with E-state index in [1.807, 2.05) is 12.1 Å². The summed E-state index contributed by atoms with van der Waals surface area (Å²) in [6.45, 7) is 2.15. The van der Waals surface area contributed by atoms with Crippen molar-refractivity contribution in [3.05, 3.63) is 65.7 Å². The van der Waals surface area contributed by atoms with E-state index in [2.05, 4.69) is 47.8 Å². The number of rotatable bonds is 16. The van der Waals surface area contributed by atoms with Crippen LogP contribution in [0.2, 0.25) is 0 Å². The third-order valence-electron chi connectivity index (χ3n) is 4.95. The van der Waals surface area contributed by atoms with Crippen molar-refractivity contribution in [1.29, 1.82) is 0 Å². The standard InChI is InChI=1S/C25H35NO3/c27-25(28)17-19-26-18-10-15-23-14-9-16-24(21-23)29-20-8-3-1-2-5-11-22-12-6-4-7-13-22/h4,6-7,9,12-14,16,21,26H,1-3,5,8,10-11,15,17-20H2,(H,27,28). The number of hydrogen-bond donors (Lipinski definition) is 2. The Balaban J connectivity index is 1.48. The van der Waals surface area contributed by atoms with Crippen molar-refractivity contribution < 1.29 is 14.6 Å². The maximum absolute atomic E-state index is 10.5. The SMILES string of the molecule is O=C(O)CCNCCCc1cccc(OCCCCCCCc2ccccc2)c1. The van der Waals surface area contributed by atoms with Crippen LogP contribution in [0.15, 0.2) is 54.6 Å². The molecule has 0 spiro atoms. The van der Waals surface area contributed by atoms with Gasteiger partial charge < -0.3 is 15.2 Å². The fourth-order valence-corrected chi connectivity index (χ4v) is 3.32. The van der Waals surface area contributed by atoms with Crippen LogP contribution in [0.25, 0.3) is 0 Å². The van der Waals surface area contributed by atoms with Crippen molar-refractivity contribution in [3.8, 4) is 5.75 Å². The topological polar surface area (TPSA) is 58.6 Å². The van der Waals surface area contributed by atoms with Crippen LogP contribution in [0.1, 0.15) is 56.1 Å². The highest BCUT2D eigenvalue weighted by atomic mass is 16.5. The number of aryl methyl sites for hydroxylation is 2. The monoisotopic (exact) mass is 397 g/mol. The van der Waals surface area contributed by atoms with E-state index in [0.29, 0.717) is 6.54 Å². The van der Waals surface area contributed by atoms with Crippen molar-refractivity contribution in [2.75, 3.05) is 19.7 Å². The van der Waals surface area contributed by atoms with Crippen LogP contribution < -0.4 is 10.1 Å². The van der Waals surface area contributed by atoms with Crippen molar-refractivity contribution >= 4 is 5.97 Å². The lowest BCUT2D eigenvalue weighted by Crippen LogP contribution is -2.19. The van der Waals surface area contributed by atoms with Crippen LogP contribution in [0.3, 0.4) is 0 Å². The number of aliphatic carboxylic acids is 1. The molecule has 0 atom stereocenters. The Morgan fingerprint density at radius 2 is 1.52 bits per heavy atom. The summed E-state index contributed by atoms with van der Waals surface area (Å²) in [6, 6.07) is 19.0. The zero-order valence-electron chi connectivity index (χ0n) is 17.4. The fourth-order valence-electron chi connectivity index (χ4n) is 3.32. The highest BCUT2D eigenvalue weighted by Gasteiger charge is 2.00. The molecule has 0 aliphatic heterocycles. The smallest absolute Gasteiger partial charge is 0.304 e. The van der Waals surface area contributed by atoms with Gasteiger partial charge in [0.25, 0.3) is 0 Å². The van der Waals surface area contributed by atoms with E-state index in [-0.39, 0.29) is 6.42 Å². The van der Waals surface area contributed by atoms with Gasteiger partial charge in [0.05, 0.1) is 13.0 Å². The first-order valence-electron chi connectivity index (χ1n) is 10.9. The summed E-state index contributed by atoms with van der Waals surface area (Å²) in [6.07, 6.45) is 9.45. The Hall–Kier alpha value is -2.33. The molecule has 2 aromatic rings. The van der Waals surface area contributed by atoms with Gasteiger partial charge in [-0.25, -0.2) is 0 Å². The Labute approximate surface area is 175 Å². The molecule has 0 aromatic heterocycles. The summed E-state index contributed by atoms with van der Waals surface area (Å²) < 4.78 is 5.91. The Morgan fingerprint density at radius 1 is 0.793 bits per heavy atom. The molecule has 0 saturated heterocycles. The predicted octanol–water partition coefficient (Wildman–Crippen LogP) is 5.26. The summed E-state index contributed by atoms with van der Waals surface area (Å²) in [4.78, 5) is 10.5. The van der Waals surface area contributed by atoms with Gasteiger partial charge in [-0.15, -0.1) is 0 Å². The van der Waals surface area contributed by atoms with E-state index >= 15 is 0 Å². The van der Waals surface area contributed by atoms with Crippen LogP contribution in [0, 0.1) is 0 Å². The van der Waals surface area contributed by atoms with Gasteiger partial charge >= 0.3 is 5.97 Å². The lowest BCUT2D eigenvalue weighted by Gasteiger charge is -2.09. The first kappa shape index (κ1) is 23.0. The minimum absolute atomic E-state index is 0.177. The highest BCUT2D eigenvalue weighted by Crippen LogP contribution is 2.15. The molecule has 2 rings (SSSR count). The molecule has 0 amide bonds. The normalized spacial score (nSPS) is 10.8. The van der Waals surface area contributed by atoms with Gasteiger partial charge in [0.15, 0.2) is 0 Å². The number of carbonyl (C=O) groups is 1. The van der Waals surface area contributed by atoms with Gasteiger partial charge in [-0.05, 0) is 61.9 Å². The lowest BCUT2D eigenvalue weighted by molar-refractivity contribution is -0.136. The van der Waals surface area contributed by atoms with E-state index < -0.39 is 5.97 Å². The summed E-state index contributed by atoms with van der Waals surface area (Å²) in [5.74, 6) is 0.194. The molecule has 0 heterocycles. The average molecular weight is 398 g/mol. The van der Waals surface area contributed by atoms with E-state index in [1.165, 1.54) is 43.2 Å². The molecule has 0 aliphatic carbocycles. The fraction of sp³-hybridized carbons (Fsp3) is 0.480. The molecule has 29 heavy (non-hydrogen) atoms. The Morgan fingerprint density at radius 3 is 2.34 bits per heavy atom. The molecule has 0 radical (unpaired) electrons. The summed E-state index contributed by atoms with van der Waals surface area (Å²) in [5, 5.41) is 11.8. The number of unbranched alkanes of at least 4 members (excludes halogenated alkanes) is 4. The summed E-state index contributed by atoms with van der Waals surface area (Å²) in [5.41, 5.74) is 2.70. The molecule has 0 unspecified atom stereocenters. The zero-order valence-corrected chi connectivity index (χ0v) is 17.4. The molecule has 4 heteroatoms. The molecule has 2 aromatic carbocycles. The second kappa shape index (κ2) is 14.6. The Bertz CT molecular complexity index is 687. The van der Waals surface area contributed by atoms with Crippen molar-refractivity contribution in [3.63, 3.8) is 0 Å². The molecule has 0 aliphatic rings.